The molecule has 0 spiro atoms. The molecule has 4 aromatic rings. The van der Waals surface area contributed by atoms with Gasteiger partial charge in [-0.2, -0.15) is 0 Å². The van der Waals surface area contributed by atoms with Gasteiger partial charge in [-0.1, -0.05) is 32.4 Å². The van der Waals surface area contributed by atoms with Gasteiger partial charge in [0.1, 0.15) is 17.3 Å². The molecule has 2 N–H and O–H groups in total. The summed E-state index contributed by atoms with van der Waals surface area (Å²) in [5.41, 5.74) is 1.33. The Morgan fingerprint density at radius 3 is 2.58 bits per heavy atom. The van der Waals surface area contributed by atoms with Crippen LogP contribution in [0.25, 0.3) is 16.9 Å². The zero-order valence-electron chi connectivity index (χ0n) is 20.9. The van der Waals surface area contributed by atoms with Crippen LogP contribution in [0.2, 0.25) is 0 Å². The van der Waals surface area contributed by atoms with Crippen LogP contribution in [0.1, 0.15) is 57.5 Å². The van der Waals surface area contributed by atoms with Gasteiger partial charge in [-0.05, 0) is 57.0 Å². The predicted octanol–water partition coefficient (Wildman–Crippen LogP) is 4.89. The number of anilines is 1. The minimum absolute atomic E-state index is 0. The quantitative estimate of drug-likeness (QED) is 0.326. The molecule has 0 radical (unpaired) electrons. The average molecular weight is 540 g/mol. The molecule has 2 aromatic heterocycles. The van der Waals surface area contributed by atoms with Crippen molar-refractivity contribution in [3.05, 3.63) is 64.3 Å². The van der Waals surface area contributed by atoms with Crippen LogP contribution in [0.4, 0.5) is 5.69 Å². The Morgan fingerprint density at radius 1 is 1.13 bits per heavy atom. The molecule has 5 rings (SSSR count). The van der Waals surface area contributed by atoms with Gasteiger partial charge in [-0.3, -0.25) is 9.52 Å². The standard InChI is InChI=1S/C26H29N5O5S.CH4/c1-4-36-21-14-13-18(37(33,34)30-20-11-7-8-12-22(20)35-3)15-19(21)24-28-26(32)23-16(2)27-25(31(23)29-24)17-9-5-6-10-17;/h7-8,11-15,17,30H,4-6,9-10H2,1-3H3,(H,28,29,32);1H4. The maximum atomic E-state index is 13.3. The molecule has 0 bridgehead atoms. The minimum atomic E-state index is -4.00. The monoisotopic (exact) mass is 539 g/mol. The van der Waals surface area contributed by atoms with Gasteiger partial charge < -0.3 is 14.5 Å². The van der Waals surface area contributed by atoms with E-state index in [2.05, 4.69) is 14.7 Å². The van der Waals surface area contributed by atoms with Gasteiger partial charge in [0.25, 0.3) is 15.6 Å². The lowest BCUT2D eigenvalue weighted by atomic mass is 10.1. The maximum absolute atomic E-state index is 13.3. The molecule has 11 heteroatoms. The van der Waals surface area contributed by atoms with Gasteiger partial charge >= 0.3 is 0 Å². The third kappa shape index (κ3) is 4.98. The van der Waals surface area contributed by atoms with Gasteiger partial charge in [0.2, 0.25) is 0 Å². The number of ether oxygens (including phenoxy) is 2. The van der Waals surface area contributed by atoms with E-state index in [1.807, 2.05) is 6.92 Å². The first kappa shape index (κ1) is 27.2. The Labute approximate surface area is 222 Å². The maximum Gasteiger partial charge on any atom is 0.277 e. The Bertz CT molecular complexity index is 1620. The molecular formula is C27H33N5O5S. The fraction of sp³-hybridized carbons (Fsp3) is 0.370. The number of nitrogens with one attached hydrogen (secondary N) is 2. The average Bonchev–Trinajstić information content (AvgIpc) is 3.52. The highest BCUT2D eigenvalue weighted by Crippen LogP contribution is 2.35. The van der Waals surface area contributed by atoms with Crippen LogP contribution >= 0.6 is 0 Å². The van der Waals surface area contributed by atoms with E-state index >= 15 is 0 Å². The molecule has 0 aliphatic heterocycles. The molecule has 1 fully saturated rings. The summed E-state index contributed by atoms with van der Waals surface area (Å²) in [7, 11) is -2.53. The lowest BCUT2D eigenvalue weighted by Crippen LogP contribution is -2.17. The van der Waals surface area contributed by atoms with Crippen molar-refractivity contribution in [3.63, 3.8) is 0 Å². The number of benzene rings is 2. The normalized spacial score (nSPS) is 13.9. The molecule has 1 aliphatic carbocycles. The second-order valence-corrected chi connectivity index (χ2v) is 10.7. The van der Waals surface area contributed by atoms with E-state index in [0.717, 1.165) is 31.5 Å². The number of H-pyrrole nitrogens is 1. The molecule has 1 saturated carbocycles. The summed E-state index contributed by atoms with van der Waals surface area (Å²) in [6, 6.07) is 11.2. The van der Waals surface area contributed by atoms with Crippen molar-refractivity contribution in [2.75, 3.05) is 18.4 Å². The minimum Gasteiger partial charge on any atom is -0.495 e. The summed E-state index contributed by atoms with van der Waals surface area (Å²) >= 11 is 0. The van der Waals surface area contributed by atoms with Crippen molar-refractivity contribution in [3.8, 4) is 22.9 Å². The topological polar surface area (TPSA) is 128 Å². The first-order valence-corrected chi connectivity index (χ1v) is 13.7. The smallest absolute Gasteiger partial charge is 0.277 e. The van der Waals surface area contributed by atoms with Crippen LogP contribution in [0, 0.1) is 6.92 Å². The van der Waals surface area contributed by atoms with Crippen LogP contribution in [0.15, 0.2) is 52.2 Å². The number of aromatic amines is 1. The van der Waals surface area contributed by atoms with Crippen molar-refractivity contribution in [2.45, 2.75) is 57.8 Å². The van der Waals surface area contributed by atoms with E-state index in [1.54, 1.807) is 41.8 Å². The fourth-order valence-corrected chi connectivity index (χ4v) is 5.93. The van der Waals surface area contributed by atoms with Gasteiger partial charge in [0.05, 0.1) is 35.6 Å². The zero-order valence-corrected chi connectivity index (χ0v) is 21.8. The first-order valence-electron chi connectivity index (χ1n) is 12.2. The Morgan fingerprint density at radius 2 is 1.87 bits per heavy atom. The van der Waals surface area contributed by atoms with E-state index in [9.17, 15) is 13.2 Å². The summed E-state index contributed by atoms with van der Waals surface area (Å²) in [6.07, 6.45) is 4.22. The van der Waals surface area contributed by atoms with E-state index < -0.39 is 10.0 Å². The molecule has 38 heavy (non-hydrogen) atoms. The first-order chi connectivity index (χ1) is 17.8. The van der Waals surface area contributed by atoms with Crippen LogP contribution < -0.4 is 19.8 Å². The van der Waals surface area contributed by atoms with Crippen molar-refractivity contribution < 1.29 is 17.9 Å². The molecule has 0 atom stereocenters. The number of fused-ring (bicyclic) bond motifs is 1. The molecule has 2 aromatic carbocycles. The number of methoxy groups -OCH3 is 1. The van der Waals surface area contributed by atoms with Gasteiger partial charge in [-0.15, -0.1) is 5.10 Å². The molecular weight excluding hydrogens is 506 g/mol. The Kier molecular flexibility index (Phi) is 7.77. The van der Waals surface area contributed by atoms with E-state index in [4.69, 9.17) is 14.6 Å². The molecule has 0 saturated heterocycles. The number of sulfonamides is 1. The van der Waals surface area contributed by atoms with Crippen molar-refractivity contribution in [2.24, 2.45) is 0 Å². The molecule has 0 unspecified atom stereocenters. The largest absolute Gasteiger partial charge is 0.495 e. The number of hydrogen-bond donors (Lipinski definition) is 2. The Balaban J connectivity index is 0.00000336. The molecule has 1 aliphatic rings. The van der Waals surface area contributed by atoms with Crippen LogP contribution in [0.3, 0.4) is 0 Å². The van der Waals surface area contributed by atoms with Crippen LogP contribution in [-0.4, -0.2) is 41.7 Å². The summed E-state index contributed by atoms with van der Waals surface area (Å²) in [5.74, 6) is 1.99. The highest BCUT2D eigenvalue weighted by molar-refractivity contribution is 7.92. The van der Waals surface area contributed by atoms with Crippen molar-refractivity contribution in [1.82, 2.24) is 19.6 Å². The molecule has 0 amide bonds. The number of aryl methyl sites for hydroxylation is 1. The number of rotatable bonds is 8. The number of nitrogens with zero attached hydrogens (tertiary/aromatic N) is 3. The highest BCUT2D eigenvalue weighted by Gasteiger charge is 2.26. The summed E-state index contributed by atoms with van der Waals surface area (Å²) in [6.45, 7) is 3.98. The van der Waals surface area contributed by atoms with E-state index in [0.29, 0.717) is 40.6 Å². The lowest BCUT2D eigenvalue weighted by molar-refractivity contribution is 0.341. The van der Waals surface area contributed by atoms with Gasteiger partial charge in [0.15, 0.2) is 11.3 Å². The van der Waals surface area contributed by atoms with E-state index in [-0.39, 0.29) is 29.6 Å². The number of aromatic nitrogens is 4. The highest BCUT2D eigenvalue weighted by atomic mass is 32.2. The summed E-state index contributed by atoms with van der Waals surface area (Å²) < 4.78 is 41.9. The lowest BCUT2D eigenvalue weighted by Gasteiger charge is -2.15. The van der Waals surface area contributed by atoms with Crippen molar-refractivity contribution >= 4 is 21.2 Å². The van der Waals surface area contributed by atoms with Crippen LogP contribution in [-0.2, 0) is 10.0 Å². The number of para-hydroxylation sites is 2. The summed E-state index contributed by atoms with van der Waals surface area (Å²) in [4.78, 5) is 20.6. The number of hydrogen-bond acceptors (Lipinski definition) is 7. The van der Waals surface area contributed by atoms with Gasteiger partial charge in [-0.25, -0.2) is 17.9 Å². The zero-order chi connectivity index (χ0) is 26.2. The van der Waals surface area contributed by atoms with E-state index in [1.165, 1.54) is 19.2 Å². The number of imidazole rings is 1. The predicted molar refractivity (Wildman–Crippen MR) is 147 cm³/mol. The second kappa shape index (κ2) is 10.9. The molecule has 2 heterocycles. The Hall–Kier alpha value is -3.86. The van der Waals surface area contributed by atoms with Crippen molar-refractivity contribution in [1.29, 1.82) is 0 Å². The molecule has 202 valence electrons. The SMILES string of the molecule is C.CCOc1ccc(S(=O)(=O)Nc2ccccc2OC)cc1-c1nn2c(C3CCCC3)nc(C)c2c(=O)[nH]1. The van der Waals surface area contributed by atoms with Crippen LogP contribution in [0.5, 0.6) is 11.5 Å². The third-order valence-electron chi connectivity index (χ3n) is 6.59. The fourth-order valence-electron chi connectivity index (χ4n) is 4.84. The third-order valence-corrected chi connectivity index (χ3v) is 7.95. The summed E-state index contributed by atoms with van der Waals surface area (Å²) in [5, 5.41) is 4.73. The molecule has 10 nitrogen and oxygen atoms in total. The van der Waals surface area contributed by atoms with Gasteiger partial charge in [0, 0.05) is 5.92 Å². The second-order valence-electron chi connectivity index (χ2n) is 9.00.